The standard InChI is InChI=1S/C32H42N2O9S/c1-44(37,38)34-29-21-25(7-9-30(29)36)19-27(35)23-33-28(20-24-5-3-2-4-6-24)26-8-10-31-32(22-26)43-18-16-41-14-12-39-11-13-40-15-17-42-31/h2-10,21-22,27-28,33-36H,11-20,23H2,1H3/t27-,28?/m0/s1. The van der Waals surface area contributed by atoms with Crippen molar-refractivity contribution in [1.82, 2.24) is 5.32 Å². The maximum Gasteiger partial charge on any atom is 0.229 e. The highest BCUT2D eigenvalue weighted by Gasteiger charge is 2.18. The molecule has 3 aromatic carbocycles. The zero-order chi connectivity index (χ0) is 31.2. The quantitative estimate of drug-likeness (QED) is 0.247. The van der Waals surface area contributed by atoms with Crippen LogP contribution in [0.2, 0.25) is 0 Å². The minimum atomic E-state index is -3.57. The van der Waals surface area contributed by atoms with Gasteiger partial charge in [-0.3, -0.25) is 4.72 Å². The van der Waals surface area contributed by atoms with E-state index >= 15 is 0 Å². The first kappa shape index (κ1) is 33.5. The number of anilines is 1. The van der Waals surface area contributed by atoms with E-state index in [4.69, 9.17) is 23.7 Å². The first-order valence-electron chi connectivity index (χ1n) is 14.6. The molecule has 0 saturated heterocycles. The van der Waals surface area contributed by atoms with E-state index in [1.165, 1.54) is 12.1 Å². The third-order valence-corrected chi connectivity index (χ3v) is 7.39. The molecule has 0 fully saturated rings. The van der Waals surface area contributed by atoms with Crippen LogP contribution in [0.25, 0.3) is 0 Å². The predicted molar refractivity (Wildman–Crippen MR) is 167 cm³/mol. The number of hydrogen-bond acceptors (Lipinski definition) is 10. The second-order valence-corrected chi connectivity index (χ2v) is 12.2. The third-order valence-electron chi connectivity index (χ3n) is 6.79. The average Bonchev–Trinajstić information content (AvgIpc) is 3.00. The highest BCUT2D eigenvalue weighted by Crippen LogP contribution is 2.32. The molecule has 44 heavy (non-hydrogen) atoms. The van der Waals surface area contributed by atoms with Crippen molar-refractivity contribution in [2.24, 2.45) is 0 Å². The zero-order valence-corrected chi connectivity index (χ0v) is 25.8. The molecule has 3 aromatic rings. The Labute approximate surface area is 259 Å². The van der Waals surface area contributed by atoms with Gasteiger partial charge >= 0.3 is 0 Å². The van der Waals surface area contributed by atoms with E-state index in [1.54, 1.807) is 6.07 Å². The summed E-state index contributed by atoms with van der Waals surface area (Å²) in [6.45, 7) is 3.73. The number of rotatable bonds is 10. The fraction of sp³-hybridized carbons (Fsp3) is 0.438. The molecule has 0 radical (unpaired) electrons. The lowest BCUT2D eigenvalue weighted by Gasteiger charge is -2.23. The Bertz CT molecular complexity index is 1410. The van der Waals surface area contributed by atoms with Crippen molar-refractivity contribution in [3.8, 4) is 17.2 Å². The van der Waals surface area contributed by atoms with Crippen LogP contribution in [0.1, 0.15) is 22.7 Å². The van der Waals surface area contributed by atoms with Gasteiger partial charge in [-0.1, -0.05) is 42.5 Å². The summed E-state index contributed by atoms with van der Waals surface area (Å²) in [5.41, 5.74) is 2.82. The Morgan fingerprint density at radius 1 is 0.750 bits per heavy atom. The highest BCUT2D eigenvalue weighted by molar-refractivity contribution is 7.92. The van der Waals surface area contributed by atoms with E-state index in [9.17, 15) is 18.6 Å². The monoisotopic (exact) mass is 630 g/mol. The number of benzene rings is 3. The molecular formula is C32H42N2O9S. The van der Waals surface area contributed by atoms with Crippen molar-refractivity contribution in [3.05, 3.63) is 83.4 Å². The second-order valence-electron chi connectivity index (χ2n) is 10.5. The molecule has 0 saturated carbocycles. The smallest absolute Gasteiger partial charge is 0.229 e. The molecule has 12 heteroatoms. The Morgan fingerprint density at radius 3 is 2.05 bits per heavy atom. The minimum absolute atomic E-state index is 0.0694. The Hall–Kier alpha value is -3.39. The number of aliphatic hydroxyl groups excluding tert-OH is 1. The molecule has 1 unspecified atom stereocenters. The van der Waals surface area contributed by atoms with Crippen molar-refractivity contribution >= 4 is 15.7 Å². The van der Waals surface area contributed by atoms with E-state index < -0.39 is 16.1 Å². The minimum Gasteiger partial charge on any atom is -0.506 e. The van der Waals surface area contributed by atoms with Crippen LogP contribution >= 0.6 is 0 Å². The lowest BCUT2D eigenvalue weighted by Crippen LogP contribution is -2.32. The van der Waals surface area contributed by atoms with Gasteiger partial charge in [0.1, 0.15) is 19.0 Å². The van der Waals surface area contributed by atoms with Crippen LogP contribution in [-0.2, 0) is 37.1 Å². The molecule has 0 aromatic heterocycles. The van der Waals surface area contributed by atoms with Crippen molar-refractivity contribution in [2.75, 3.05) is 70.4 Å². The molecule has 240 valence electrons. The average molecular weight is 631 g/mol. The highest BCUT2D eigenvalue weighted by atomic mass is 32.2. The van der Waals surface area contributed by atoms with Crippen molar-refractivity contribution in [1.29, 1.82) is 0 Å². The molecular weight excluding hydrogens is 588 g/mol. The SMILES string of the molecule is CS(=O)(=O)Nc1cc(C[C@H](O)CNC(Cc2ccccc2)c2ccc3c(c2)OCCOCCOCCOCCO3)ccc1O. The fourth-order valence-corrected chi connectivity index (χ4v) is 5.27. The summed E-state index contributed by atoms with van der Waals surface area (Å²) in [5, 5.41) is 24.5. The van der Waals surface area contributed by atoms with E-state index in [1.807, 2.05) is 36.4 Å². The molecule has 0 spiro atoms. The van der Waals surface area contributed by atoms with E-state index in [0.717, 1.165) is 17.4 Å². The van der Waals surface area contributed by atoms with Gasteiger partial charge in [-0.05, 0) is 53.8 Å². The second kappa shape index (κ2) is 17.2. The summed E-state index contributed by atoms with van der Waals surface area (Å²) in [7, 11) is -3.57. The number of aromatic hydroxyl groups is 1. The van der Waals surface area contributed by atoms with Gasteiger partial charge in [-0.15, -0.1) is 0 Å². The van der Waals surface area contributed by atoms with Gasteiger partial charge in [0.15, 0.2) is 11.5 Å². The first-order valence-corrected chi connectivity index (χ1v) is 16.5. The summed E-state index contributed by atoms with van der Waals surface area (Å²) >= 11 is 0. The normalized spacial score (nSPS) is 16.7. The molecule has 4 rings (SSSR count). The van der Waals surface area contributed by atoms with Crippen molar-refractivity contribution in [3.63, 3.8) is 0 Å². The van der Waals surface area contributed by atoms with Crippen LogP contribution in [0.3, 0.4) is 0 Å². The van der Waals surface area contributed by atoms with E-state index in [0.29, 0.717) is 76.3 Å². The Morgan fingerprint density at radius 2 is 1.39 bits per heavy atom. The Kier molecular flexibility index (Phi) is 13.1. The number of phenols is 1. The van der Waals surface area contributed by atoms with Crippen LogP contribution in [0.5, 0.6) is 17.2 Å². The van der Waals surface area contributed by atoms with Gasteiger partial charge in [0.2, 0.25) is 10.0 Å². The fourth-order valence-electron chi connectivity index (χ4n) is 4.71. The number of nitrogens with one attached hydrogen (secondary N) is 2. The van der Waals surface area contributed by atoms with Gasteiger partial charge in [0.25, 0.3) is 0 Å². The topological polar surface area (TPSA) is 145 Å². The summed E-state index contributed by atoms with van der Waals surface area (Å²) in [5.74, 6) is 1.01. The molecule has 1 aliphatic rings. The van der Waals surface area contributed by atoms with Crippen molar-refractivity contribution < 1.29 is 42.3 Å². The van der Waals surface area contributed by atoms with Gasteiger partial charge in [-0.2, -0.15) is 0 Å². The summed E-state index contributed by atoms with van der Waals surface area (Å²) in [6, 6.07) is 20.3. The molecule has 0 aliphatic carbocycles. The number of phenolic OH excluding ortho intramolecular Hbond substituents is 1. The lowest BCUT2D eigenvalue weighted by molar-refractivity contribution is 0.00708. The first-order chi connectivity index (χ1) is 21.3. The molecule has 2 atom stereocenters. The summed E-state index contributed by atoms with van der Waals surface area (Å²) < 4.78 is 54.3. The van der Waals surface area contributed by atoms with Gasteiger partial charge in [-0.25, -0.2) is 8.42 Å². The number of ether oxygens (including phenoxy) is 5. The number of fused-ring (bicyclic) bond motifs is 1. The molecule has 1 aliphatic heterocycles. The number of hydrogen-bond donors (Lipinski definition) is 4. The van der Waals surface area contributed by atoms with Crippen LogP contribution < -0.4 is 19.5 Å². The van der Waals surface area contributed by atoms with Crippen LogP contribution in [0, 0.1) is 0 Å². The van der Waals surface area contributed by atoms with Gasteiger partial charge in [0, 0.05) is 12.6 Å². The van der Waals surface area contributed by atoms with E-state index in [2.05, 4.69) is 22.2 Å². The lowest BCUT2D eigenvalue weighted by atomic mass is 9.97. The van der Waals surface area contributed by atoms with Crippen molar-refractivity contribution in [2.45, 2.75) is 25.0 Å². The van der Waals surface area contributed by atoms with Crippen LogP contribution in [0.4, 0.5) is 5.69 Å². The zero-order valence-electron chi connectivity index (χ0n) is 24.9. The largest absolute Gasteiger partial charge is 0.506 e. The van der Waals surface area contributed by atoms with E-state index in [-0.39, 0.29) is 30.4 Å². The third kappa shape index (κ3) is 11.6. The van der Waals surface area contributed by atoms with Crippen LogP contribution in [0.15, 0.2) is 66.7 Å². The molecule has 0 bridgehead atoms. The van der Waals surface area contributed by atoms with Gasteiger partial charge in [0.05, 0.1) is 57.7 Å². The molecule has 11 nitrogen and oxygen atoms in total. The maximum absolute atomic E-state index is 11.7. The summed E-state index contributed by atoms with van der Waals surface area (Å²) in [6.07, 6.45) is 1.13. The van der Waals surface area contributed by atoms with Gasteiger partial charge < -0.3 is 39.2 Å². The Balaban J connectivity index is 1.48. The predicted octanol–water partition coefficient (Wildman–Crippen LogP) is 3.06. The summed E-state index contributed by atoms with van der Waals surface area (Å²) in [4.78, 5) is 0. The maximum atomic E-state index is 11.7. The molecule has 0 amide bonds. The molecule has 1 heterocycles. The number of sulfonamides is 1. The number of aliphatic hydroxyl groups is 1. The van der Waals surface area contributed by atoms with Crippen LogP contribution in [-0.4, -0.2) is 90.4 Å². The molecule has 4 N–H and O–H groups in total.